The van der Waals surface area contributed by atoms with E-state index in [0.29, 0.717) is 12.1 Å². The molecule has 0 heterocycles. The highest BCUT2D eigenvalue weighted by atomic mass is 32.2. The number of rotatable bonds is 3. The molecule has 1 radical (unpaired) electrons. The summed E-state index contributed by atoms with van der Waals surface area (Å²) in [5.74, 6) is 0. The minimum Gasteiger partial charge on any atom is -0.282 e. The van der Waals surface area contributed by atoms with Gasteiger partial charge in [0.2, 0.25) is 0 Å². The fourth-order valence-electron chi connectivity index (χ4n) is 1.73. The first-order valence-corrected chi connectivity index (χ1v) is 9.54. The molecule has 0 saturated heterocycles. The molecular weight excluding hydrogens is 360 g/mol. The van der Waals surface area contributed by atoms with Crippen LogP contribution < -0.4 is 0 Å². The molecular formula is C10H7O9S3. The smallest absolute Gasteiger partial charge is 0.282 e. The number of benzene rings is 2. The van der Waals surface area contributed by atoms with E-state index in [9.17, 15) is 25.3 Å². The second-order valence-electron chi connectivity index (χ2n) is 4.15. The molecule has 0 aliphatic carbocycles. The minimum absolute atomic E-state index is 0.143. The van der Waals surface area contributed by atoms with Crippen molar-refractivity contribution >= 4 is 41.1 Å². The lowest BCUT2D eigenvalue weighted by atomic mass is 10.1. The molecule has 0 aromatic heterocycles. The Hall–Kier alpha value is -1.57. The lowest BCUT2D eigenvalue weighted by Gasteiger charge is -2.08. The molecule has 0 saturated carbocycles. The molecule has 0 unspecified atom stereocenters. The maximum atomic E-state index is 11.3. The molecule has 0 bridgehead atoms. The van der Waals surface area contributed by atoms with Crippen molar-refractivity contribution in [3.8, 4) is 0 Å². The quantitative estimate of drug-likeness (QED) is 0.650. The fourth-order valence-corrected chi connectivity index (χ4v) is 3.55. The third kappa shape index (κ3) is 3.26. The van der Waals surface area contributed by atoms with Crippen molar-refractivity contribution in [1.29, 1.82) is 0 Å². The highest BCUT2D eigenvalue weighted by molar-refractivity contribution is 7.87. The Bertz CT molecular complexity index is 1080. The summed E-state index contributed by atoms with van der Waals surface area (Å²) in [6.07, 6.45) is 0. The molecule has 0 aliphatic rings. The van der Waals surface area contributed by atoms with Crippen molar-refractivity contribution in [3.63, 3.8) is 0 Å². The Morgan fingerprint density at radius 2 is 1.36 bits per heavy atom. The van der Waals surface area contributed by atoms with Gasteiger partial charge in [0, 0.05) is 11.5 Å². The van der Waals surface area contributed by atoms with Gasteiger partial charge in [-0.2, -0.15) is 25.3 Å². The molecule has 3 N–H and O–H groups in total. The van der Waals surface area contributed by atoms with Gasteiger partial charge >= 0.3 is 0 Å². The SMILES string of the molecule is O=S(=O)(O)c1[c]cc2cc(S(=O)(=O)O)cc(S(=O)(=O)O)c2c1. The topological polar surface area (TPSA) is 163 Å². The Labute approximate surface area is 125 Å². The molecule has 0 amide bonds. The van der Waals surface area contributed by atoms with Gasteiger partial charge in [0.25, 0.3) is 30.4 Å². The second-order valence-corrected chi connectivity index (χ2v) is 8.35. The zero-order valence-corrected chi connectivity index (χ0v) is 12.8. The maximum Gasteiger partial charge on any atom is 0.295 e. The van der Waals surface area contributed by atoms with Gasteiger partial charge in [-0.3, -0.25) is 13.7 Å². The van der Waals surface area contributed by atoms with Crippen LogP contribution in [-0.4, -0.2) is 38.9 Å². The van der Waals surface area contributed by atoms with E-state index in [0.717, 1.165) is 12.1 Å². The Morgan fingerprint density at radius 1 is 0.773 bits per heavy atom. The molecule has 2 rings (SSSR count). The summed E-state index contributed by atoms with van der Waals surface area (Å²) < 4.78 is 94.0. The Balaban J connectivity index is 3.03. The van der Waals surface area contributed by atoms with Crippen molar-refractivity contribution in [2.75, 3.05) is 0 Å². The summed E-state index contributed by atoms with van der Waals surface area (Å²) in [6, 6.07) is 5.01. The molecule has 0 spiro atoms. The van der Waals surface area contributed by atoms with E-state index < -0.39 is 45.0 Å². The number of hydrogen-bond acceptors (Lipinski definition) is 6. The molecule has 22 heavy (non-hydrogen) atoms. The summed E-state index contributed by atoms with van der Waals surface area (Å²) in [6.45, 7) is 0. The number of fused-ring (bicyclic) bond motifs is 1. The molecule has 12 heteroatoms. The van der Waals surface area contributed by atoms with Crippen molar-refractivity contribution in [3.05, 3.63) is 30.3 Å². The van der Waals surface area contributed by atoms with Crippen LogP contribution in [0.15, 0.2) is 39.0 Å². The van der Waals surface area contributed by atoms with Crippen molar-refractivity contribution < 1.29 is 38.9 Å². The summed E-state index contributed by atoms with van der Waals surface area (Å²) >= 11 is 0. The van der Waals surface area contributed by atoms with Gasteiger partial charge in [-0.15, -0.1) is 0 Å². The fraction of sp³-hybridized carbons (Fsp3) is 0. The molecule has 2 aromatic rings. The summed E-state index contributed by atoms with van der Waals surface area (Å²) in [7, 11) is -14.4. The van der Waals surface area contributed by atoms with E-state index in [2.05, 4.69) is 6.07 Å². The van der Waals surface area contributed by atoms with Gasteiger partial charge in [-0.05, 0) is 29.7 Å². The monoisotopic (exact) mass is 367 g/mol. The average Bonchev–Trinajstić information content (AvgIpc) is 2.33. The van der Waals surface area contributed by atoms with Gasteiger partial charge in [0.15, 0.2) is 0 Å². The Kier molecular flexibility index (Phi) is 3.80. The van der Waals surface area contributed by atoms with E-state index in [1.807, 2.05) is 0 Å². The highest BCUT2D eigenvalue weighted by Crippen LogP contribution is 2.29. The van der Waals surface area contributed by atoms with Crippen LogP contribution in [0.3, 0.4) is 0 Å². The van der Waals surface area contributed by atoms with E-state index in [4.69, 9.17) is 13.7 Å². The van der Waals surface area contributed by atoms with E-state index in [-0.39, 0.29) is 10.8 Å². The lowest BCUT2D eigenvalue weighted by molar-refractivity contribution is 0.478. The first-order chi connectivity index (χ1) is 9.80. The maximum absolute atomic E-state index is 11.3. The first-order valence-electron chi connectivity index (χ1n) is 5.22. The van der Waals surface area contributed by atoms with Crippen molar-refractivity contribution in [2.24, 2.45) is 0 Å². The van der Waals surface area contributed by atoms with Crippen LogP contribution in [0.25, 0.3) is 10.8 Å². The minimum atomic E-state index is -4.94. The largest absolute Gasteiger partial charge is 0.295 e. The third-order valence-corrected chi connectivity index (χ3v) is 5.16. The van der Waals surface area contributed by atoms with Crippen LogP contribution >= 0.6 is 0 Å². The number of hydrogen-bond donors (Lipinski definition) is 3. The molecule has 0 aliphatic heterocycles. The highest BCUT2D eigenvalue weighted by Gasteiger charge is 2.22. The second kappa shape index (κ2) is 4.97. The molecule has 119 valence electrons. The van der Waals surface area contributed by atoms with Crippen LogP contribution in [0, 0.1) is 6.07 Å². The predicted octanol–water partition coefficient (Wildman–Crippen LogP) is 0.380. The summed E-state index contributed by atoms with van der Waals surface area (Å²) in [5, 5.41) is -0.517. The first kappa shape index (κ1) is 16.8. The molecule has 0 atom stereocenters. The summed E-state index contributed by atoms with van der Waals surface area (Å²) in [5.41, 5.74) is 0. The average molecular weight is 367 g/mol. The molecule has 2 aromatic carbocycles. The van der Waals surface area contributed by atoms with Gasteiger partial charge < -0.3 is 0 Å². The predicted molar refractivity (Wildman–Crippen MR) is 72.2 cm³/mol. The molecule has 0 fully saturated rings. The zero-order chi connectivity index (χ0) is 16.9. The van der Waals surface area contributed by atoms with Gasteiger partial charge in [-0.25, -0.2) is 0 Å². The van der Waals surface area contributed by atoms with Crippen LogP contribution in [0.5, 0.6) is 0 Å². The van der Waals surface area contributed by atoms with E-state index in [1.165, 1.54) is 0 Å². The van der Waals surface area contributed by atoms with Gasteiger partial charge in [0.05, 0.1) is 4.90 Å². The standard InChI is InChI=1S/C10H7O9S3/c11-20(12,13)7-2-1-6-3-8(21(14,15)16)5-10(9(6)4-7)22(17,18)19/h1,3-5H,(H,11,12,13)(H,14,15,16)(H,17,18,19). The molecule has 9 nitrogen and oxygen atoms in total. The normalized spacial score (nSPS) is 13.4. The zero-order valence-electron chi connectivity index (χ0n) is 10.3. The third-order valence-electron chi connectivity index (χ3n) is 2.65. The van der Waals surface area contributed by atoms with Crippen molar-refractivity contribution in [1.82, 2.24) is 0 Å². The van der Waals surface area contributed by atoms with E-state index >= 15 is 0 Å². The summed E-state index contributed by atoms with van der Waals surface area (Å²) in [4.78, 5) is -2.54. The van der Waals surface area contributed by atoms with Crippen LogP contribution in [0.4, 0.5) is 0 Å². The van der Waals surface area contributed by atoms with Gasteiger partial charge in [0.1, 0.15) is 9.79 Å². The van der Waals surface area contributed by atoms with Crippen LogP contribution in [-0.2, 0) is 30.4 Å². The van der Waals surface area contributed by atoms with Crippen LogP contribution in [0.1, 0.15) is 0 Å². The Morgan fingerprint density at radius 3 is 1.82 bits per heavy atom. The van der Waals surface area contributed by atoms with Crippen LogP contribution in [0.2, 0.25) is 0 Å². The lowest BCUT2D eigenvalue weighted by Crippen LogP contribution is -2.05. The van der Waals surface area contributed by atoms with Crippen molar-refractivity contribution in [2.45, 2.75) is 14.7 Å². The van der Waals surface area contributed by atoms with Gasteiger partial charge in [-0.1, -0.05) is 0 Å². The van der Waals surface area contributed by atoms with E-state index in [1.54, 1.807) is 0 Å².